The minimum absolute atomic E-state index is 0.485. The Balaban J connectivity index is 2.38. The number of halogens is 1. The first-order chi connectivity index (χ1) is 4.79. The van der Waals surface area contributed by atoms with Crippen LogP contribution in [0.4, 0.5) is 9.18 Å². The van der Waals surface area contributed by atoms with E-state index in [4.69, 9.17) is 0 Å². The van der Waals surface area contributed by atoms with Gasteiger partial charge in [-0.3, -0.25) is 0 Å². The minimum atomic E-state index is -1.70. The number of hydrogen-bond donors (Lipinski definition) is 0. The molecule has 1 aliphatic rings. The van der Waals surface area contributed by atoms with Crippen LogP contribution in [0, 0.1) is 0 Å². The molecule has 0 radical (unpaired) electrons. The van der Waals surface area contributed by atoms with Gasteiger partial charge >= 0.3 is 6.22 Å². The quantitative estimate of drug-likeness (QED) is 0.528. The van der Waals surface area contributed by atoms with Gasteiger partial charge in [-0.15, -0.1) is 4.39 Å². The molecule has 0 aromatic carbocycles. The van der Waals surface area contributed by atoms with Crippen LogP contribution in [0.5, 0.6) is 0 Å². The van der Waals surface area contributed by atoms with Gasteiger partial charge in [0.2, 0.25) is 0 Å². The van der Waals surface area contributed by atoms with Crippen LogP contribution in [0.25, 0.3) is 0 Å². The minimum Gasteiger partial charge on any atom is -0.406 e. The molecule has 3 heteroatoms. The van der Waals surface area contributed by atoms with Crippen LogP contribution >= 0.6 is 0 Å². The molecule has 2 nitrogen and oxygen atoms in total. The molecule has 0 N–H and O–H groups in total. The molecule has 0 aromatic rings. The molecule has 0 fully saturated rings. The summed E-state index contributed by atoms with van der Waals surface area (Å²) in [5.74, 6) is 0.485. The van der Waals surface area contributed by atoms with E-state index in [9.17, 15) is 9.18 Å². The summed E-state index contributed by atoms with van der Waals surface area (Å²) >= 11 is 0. The second-order valence-corrected chi connectivity index (χ2v) is 2.26. The molecule has 10 heavy (non-hydrogen) atoms. The SMILES string of the molecule is O=C(F)OC1=CCCCC1. The van der Waals surface area contributed by atoms with Crippen molar-refractivity contribution < 1.29 is 13.9 Å². The molecular weight excluding hydrogens is 135 g/mol. The number of allylic oxidation sites excluding steroid dienone is 2. The zero-order chi connectivity index (χ0) is 7.40. The molecule has 0 aliphatic heterocycles. The highest BCUT2D eigenvalue weighted by atomic mass is 19.1. The fourth-order valence-electron chi connectivity index (χ4n) is 1.00. The molecule has 0 amide bonds. The highest BCUT2D eigenvalue weighted by molar-refractivity contribution is 5.59. The maximum Gasteiger partial charge on any atom is 0.500 e. The van der Waals surface area contributed by atoms with Gasteiger partial charge in [-0.2, -0.15) is 0 Å². The maximum absolute atomic E-state index is 11.6. The Morgan fingerprint density at radius 1 is 1.60 bits per heavy atom. The third-order valence-electron chi connectivity index (χ3n) is 1.46. The maximum atomic E-state index is 11.6. The van der Waals surface area contributed by atoms with Gasteiger partial charge in [0, 0.05) is 6.42 Å². The summed E-state index contributed by atoms with van der Waals surface area (Å²) in [4.78, 5) is 9.78. The number of hydrogen-bond acceptors (Lipinski definition) is 2. The van der Waals surface area contributed by atoms with Gasteiger partial charge in [-0.25, -0.2) is 4.79 Å². The normalized spacial score (nSPS) is 17.9. The van der Waals surface area contributed by atoms with Crippen molar-refractivity contribution in [2.75, 3.05) is 0 Å². The Kier molecular flexibility index (Phi) is 2.42. The standard InChI is InChI=1S/C7H9FO2/c8-7(9)10-6-4-2-1-3-5-6/h4H,1-3,5H2. The second kappa shape index (κ2) is 3.34. The largest absolute Gasteiger partial charge is 0.500 e. The van der Waals surface area contributed by atoms with Gasteiger partial charge in [0.05, 0.1) is 0 Å². The van der Waals surface area contributed by atoms with Crippen molar-refractivity contribution in [3.8, 4) is 0 Å². The number of carbonyl (C=O) groups excluding carboxylic acids is 1. The first-order valence-electron chi connectivity index (χ1n) is 3.35. The van der Waals surface area contributed by atoms with Gasteiger partial charge in [0.25, 0.3) is 0 Å². The number of rotatable bonds is 1. The van der Waals surface area contributed by atoms with Gasteiger partial charge in [0.1, 0.15) is 5.76 Å². The Bertz CT molecular complexity index is 163. The fourth-order valence-corrected chi connectivity index (χ4v) is 1.00. The van der Waals surface area contributed by atoms with E-state index in [0.717, 1.165) is 19.3 Å². The molecule has 1 rings (SSSR count). The van der Waals surface area contributed by atoms with E-state index in [1.165, 1.54) is 0 Å². The summed E-state index contributed by atoms with van der Waals surface area (Å²) in [5.41, 5.74) is 0. The van der Waals surface area contributed by atoms with Crippen LogP contribution < -0.4 is 0 Å². The summed E-state index contributed by atoms with van der Waals surface area (Å²) < 4.78 is 15.8. The van der Waals surface area contributed by atoms with E-state index in [2.05, 4.69) is 4.74 Å². The van der Waals surface area contributed by atoms with E-state index in [1.807, 2.05) is 0 Å². The van der Waals surface area contributed by atoms with Gasteiger partial charge in [0.15, 0.2) is 0 Å². The summed E-state index contributed by atoms with van der Waals surface area (Å²) in [6.45, 7) is 0. The van der Waals surface area contributed by atoms with Crippen molar-refractivity contribution in [3.63, 3.8) is 0 Å². The summed E-state index contributed by atoms with van der Waals surface area (Å²) in [6.07, 6.45) is 3.74. The molecule has 0 saturated carbocycles. The van der Waals surface area contributed by atoms with E-state index >= 15 is 0 Å². The molecule has 1 aliphatic carbocycles. The van der Waals surface area contributed by atoms with Crippen molar-refractivity contribution in [1.82, 2.24) is 0 Å². The van der Waals surface area contributed by atoms with Gasteiger partial charge < -0.3 is 4.74 Å². The highest BCUT2D eigenvalue weighted by Gasteiger charge is 2.07. The van der Waals surface area contributed by atoms with Crippen LogP contribution in [0.15, 0.2) is 11.8 Å². The predicted octanol–water partition coefficient (Wildman–Crippen LogP) is 2.55. The molecule has 0 spiro atoms. The topological polar surface area (TPSA) is 26.3 Å². The Hall–Kier alpha value is -0.860. The summed E-state index contributed by atoms with van der Waals surface area (Å²) in [5, 5.41) is 0. The lowest BCUT2D eigenvalue weighted by molar-refractivity contribution is 0.145. The molecule has 56 valence electrons. The van der Waals surface area contributed by atoms with Crippen LogP contribution in [0.3, 0.4) is 0 Å². The van der Waals surface area contributed by atoms with Crippen molar-refractivity contribution in [3.05, 3.63) is 11.8 Å². The lowest BCUT2D eigenvalue weighted by atomic mass is 10.1. The van der Waals surface area contributed by atoms with Crippen LogP contribution in [-0.4, -0.2) is 6.22 Å². The van der Waals surface area contributed by atoms with Gasteiger partial charge in [-0.1, -0.05) is 0 Å². The zero-order valence-electron chi connectivity index (χ0n) is 5.60. The lowest BCUT2D eigenvalue weighted by Gasteiger charge is -2.09. The summed E-state index contributed by atoms with van der Waals surface area (Å²) in [6, 6.07) is 0. The van der Waals surface area contributed by atoms with Crippen molar-refractivity contribution in [2.24, 2.45) is 0 Å². The third kappa shape index (κ3) is 2.17. The molecule has 0 atom stereocenters. The predicted molar refractivity (Wildman–Crippen MR) is 34.1 cm³/mol. The summed E-state index contributed by atoms with van der Waals surface area (Å²) in [7, 11) is 0. The van der Waals surface area contributed by atoms with Crippen molar-refractivity contribution in [1.29, 1.82) is 0 Å². The smallest absolute Gasteiger partial charge is 0.406 e. The molecule has 0 unspecified atom stereocenters. The first-order valence-corrected chi connectivity index (χ1v) is 3.35. The Morgan fingerprint density at radius 2 is 2.40 bits per heavy atom. The number of ether oxygens (including phenoxy) is 1. The van der Waals surface area contributed by atoms with Gasteiger partial charge in [-0.05, 0) is 25.3 Å². The molecule has 0 bridgehead atoms. The number of carbonyl (C=O) groups is 1. The average Bonchev–Trinajstić information content (AvgIpc) is 1.88. The van der Waals surface area contributed by atoms with E-state index in [1.54, 1.807) is 6.08 Å². The van der Waals surface area contributed by atoms with Crippen LogP contribution in [-0.2, 0) is 4.74 Å². The second-order valence-electron chi connectivity index (χ2n) is 2.26. The van der Waals surface area contributed by atoms with E-state index < -0.39 is 6.22 Å². The third-order valence-corrected chi connectivity index (χ3v) is 1.46. The fraction of sp³-hybridized carbons (Fsp3) is 0.571. The zero-order valence-corrected chi connectivity index (χ0v) is 5.60. The Morgan fingerprint density at radius 3 is 2.90 bits per heavy atom. The molecule has 0 aromatic heterocycles. The Labute approximate surface area is 58.7 Å². The lowest BCUT2D eigenvalue weighted by Crippen LogP contribution is -1.99. The van der Waals surface area contributed by atoms with Crippen molar-refractivity contribution >= 4 is 6.22 Å². The molecule has 0 saturated heterocycles. The van der Waals surface area contributed by atoms with E-state index in [0.29, 0.717) is 12.2 Å². The monoisotopic (exact) mass is 144 g/mol. The highest BCUT2D eigenvalue weighted by Crippen LogP contribution is 2.18. The molecule has 0 heterocycles. The van der Waals surface area contributed by atoms with E-state index in [-0.39, 0.29) is 0 Å². The van der Waals surface area contributed by atoms with Crippen molar-refractivity contribution in [2.45, 2.75) is 25.7 Å². The average molecular weight is 144 g/mol. The first kappa shape index (κ1) is 7.25. The van der Waals surface area contributed by atoms with Crippen LogP contribution in [0.2, 0.25) is 0 Å². The van der Waals surface area contributed by atoms with Crippen LogP contribution in [0.1, 0.15) is 25.7 Å². The molecular formula is C7H9FO2.